The number of benzene rings is 1. The maximum atomic E-state index is 5.35. The molecule has 0 unspecified atom stereocenters. The van der Waals surface area contributed by atoms with E-state index in [2.05, 4.69) is 31.5 Å². The molecule has 0 spiro atoms. The summed E-state index contributed by atoms with van der Waals surface area (Å²) in [7, 11) is 1.72. The van der Waals surface area contributed by atoms with Gasteiger partial charge in [0.1, 0.15) is 5.75 Å². The third-order valence-corrected chi connectivity index (χ3v) is 3.69. The van der Waals surface area contributed by atoms with E-state index in [4.69, 9.17) is 4.74 Å². The van der Waals surface area contributed by atoms with E-state index in [1.807, 2.05) is 30.0 Å². The van der Waals surface area contributed by atoms with Crippen molar-refractivity contribution in [3.8, 4) is 5.75 Å². The second-order valence-electron chi connectivity index (χ2n) is 3.92. The number of nitrogens with one attached hydrogen (secondary N) is 1. The van der Waals surface area contributed by atoms with Crippen LogP contribution in [0.4, 0.5) is 0 Å². The van der Waals surface area contributed by atoms with E-state index in [0.29, 0.717) is 11.3 Å². The minimum atomic E-state index is 0.325. The zero-order valence-corrected chi connectivity index (χ0v) is 11.3. The molecule has 0 saturated carbocycles. The Bertz CT molecular complexity index is 317. The highest BCUT2D eigenvalue weighted by Crippen LogP contribution is 2.24. The molecular weight excluding hydrogens is 218 g/mol. The van der Waals surface area contributed by atoms with Crippen molar-refractivity contribution in [1.29, 1.82) is 0 Å². The molecule has 1 N–H and O–H groups in total. The summed E-state index contributed by atoms with van der Waals surface area (Å²) >= 11 is 1.88. The summed E-state index contributed by atoms with van der Waals surface area (Å²) < 4.78 is 5.35. The number of thioether (sulfide) groups is 1. The average Bonchev–Trinajstić information content (AvgIpc) is 2.35. The number of para-hydroxylation sites is 1. The van der Waals surface area contributed by atoms with Crippen molar-refractivity contribution < 1.29 is 4.74 Å². The number of rotatable bonds is 6. The van der Waals surface area contributed by atoms with Crippen molar-refractivity contribution in [2.45, 2.75) is 25.1 Å². The van der Waals surface area contributed by atoms with Crippen LogP contribution in [0.25, 0.3) is 0 Å². The van der Waals surface area contributed by atoms with E-state index in [-0.39, 0.29) is 0 Å². The highest BCUT2D eigenvalue weighted by Gasteiger charge is 2.10. The fraction of sp³-hybridized carbons (Fsp3) is 0.538. The molecule has 16 heavy (non-hydrogen) atoms. The van der Waals surface area contributed by atoms with Gasteiger partial charge < -0.3 is 10.1 Å². The van der Waals surface area contributed by atoms with Crippen LogP contribution in [0.15, 0.2) is 24.3 Å². The third-order valence-electron chi connectivity index (χ3n) is 2.72. The summed E-state index contributed by atoms with van der Waals surface area (Å²) in [6.07, 6.45) is 2.14. The summed E-state index contributed by atoms with van der Waals surface area (Å²) in [5, 5.41) is 4.16. The first kappa shape index (κ1) is 13.4. The molecule has 0 amide bonds. The largest absolute Gasteiger partial charge is 0.496 e. The smallest absolute Gasteiger partial charge is 0.123 e. The highest BCUT2D eigenvalue weighted by atomic mass is 32.2. The Morgan fingerprint density at radius 3 is 2.62 bits per heavy atom. The van der Waals surface area contributed by atoms with Crippen molar-refractivity contribution in [2.24, 2.45) is 0 Å². The minimum absolute atomic E-state index is 0.325. The molecule has 90 valence electrons. The van der Waals surface area contributed by atoms with Gasteiger partial charge in [-0.3, -0.25) is 0 Å². The van der Waals surface area contributed by atoms with Crippen molar-refractivity contribution in [2.75, 3.05) is 19.9 Å². The van der Waals surface area contributed by atoms with Crippen LogP contribution in [0.3, 0.4) is 0 Å². The molecule has 0 aliphatic heterocycles. The SMILES string of the molecule is COc1ccccc1[C@H](C)NC[C@@H](C)SC. The molecule has 0 heterocycles. The molecule has 0 saturated heterocycles. The van der Waals surface area contributed by atoms with E-state index in [9.17, 15) is 0 Å². The van der Waals surface area contributed by atoms with Gasteiger partial charge in [0.05, 0.1) is 7.11 Å². The molecule has 3 heteroatoms. The maximum Gasteiger partial charge on any atom is 0.123 e. The molecule has 1 rings (SSSR count). The lowest BCUT2D eigenvalue weighted by Gasteiger charge is -2.19. The topological polar surface area (TPSA) is 21.3 Å². The highest BCUT2D eigenvalue weighted by molar-refractivity contribution is 7.99. The van der Waals surface area contributed by atoms with Crippen LogP contribution < -0.4 is 10.1 Å². The number of methoxy groups -OCH3 is 1. The first-order valence-electron chi connectivity index (χ1n) is 5.58. The van der Waals surface area contributed by atoms with Crippen LogP contribution in [0.1, 0.15) is 25.5 Å². The van der Waals surface area contributed by atoms with E-state index in [1.165, 1.54) is 5.56 Å². The number of hydrogen-bond acceptors (Lipinski definition) is 3. The first-order valence-corrected chi connectivity index (χ1v) is 6.87. The lowest BCUT2D eigenvalue weighted by atomic mass is 10.1. The van der Waals surface area contributed by atoms with Gasteiger partial charge in [-0.15, -0.1) is 0 Å². The Hall–Kier alpha value is -0.670. The second-order valence-corrected chi connectivity index (χ2v) is 5.19. The average molecular weight is 239 g/mol. The standard InChI is InChI=1S/C13H21NOS/c1-10(16-4)9-14-11(2)12-7-5-6-8-13(12)15-3/h5-8,10-11,14H,9H2,1-4H3/t10-,11+/m1/s1. The van der Waals surface area contributed by atoms with Crippen molar-refractivity contribution in [3.63, 3.8) is 0 Å². The lowest BCUT2D eigenvalue weighted by molar-refractivity contribution is 0.402. The molecular formula is C13H21NOS. The third kappa shape index (κ3) is 3.72. The van der Waals surface area contributed by atoms with Gasteiger partial charge in [-0.25, -0.2) is 0 Å². The van der Waals surface area contributed by atoms with Gasteiger partial charge in [0, 0.05) is 23.4 Å². The zero-order valence-electron chi connectivity index (χ0n) is 10.5. The zero-order chi connectivity index (χ0) is 12.0. The predicted molar refractivity (Wildman–Crippen MR) is 72.4 cm³/mol. The van der Waals surface area contributed by atoms with Crippen LogP contribution in [0.2, 0.25) is 0 Å². The minimum Gasteiger partial charge on any atom is -0.496 e. The van der Waals surface area contributed by atoms with Gasteiger partial charge in [0.2, 0.25) is 0 Å². The summed E-state index contributed by atoms with van der Waals surface area (Å²) in [5.41, 5.74) is 1.22. The normalized spacial score (nSPS) is 14.5. The van der Waals surface area contributed by atoms with Gasteiger partial charge >= 0.3 is 0 Å². The number of hydrogen-bond donors (Lipinski definition) is 1. The maximum absolute atomic E-state index is 5.35. The van der Waals surface area contributed by atoms with Crippen LogP contribution in [0, 0.1) is 0 Å². The molecule has 0 fully saturated rings. The number of ether oxygens (including phenoxy) is 1. The van der Waals surface area contributed by atoms with Gasteiger partial charge in [0.15, 0.2) is 0 Å². The molecule has 0 radical (unpaired) electrons. The van der Waals surface area contributed by atoms with Crippen molar-refractivity contribution >= 4 is 11.8 Å². The molecule has 1 aromatic rings. The van der Waals surface area contributed by atoms with E-state index in [1.54, 1.807) is 7.11 Å². The molecule has 0 aliphatic carbocycles. The van der Waals surface area contributed by atoms with Gasteiger partial charge in [-0.2, -0.15) is 11.8 Å². The quantitative estimate of drug-likeness (QED) is 0.824. The molecule has 1 aromatic carbocycles. The summed E-state index contributed by atoms with van der Waals surface area (Å²) in [6, 6.07) is 8.49. The van der Waals surface area contributed by atoms with Crippen molar-refractivity contribution in [1.82, 2.24) is 5.32 Å². The Morgan fingerprint density at radius 2 is 2.00 bits per heavy atom. The van der Waals surface area contributed by atoms with Crippen LogP contribution in [0.5, 0.6) is 5.75 Å². The predicted octanol–water partition coefficient (Wildman–Crippen LogP) is 3.10. The Kier molecular flexibility index (Phi) is 5.71. The molecule has 2 nitrogen and oxygen atoms in total. The van der Waals surface area contributed by atoms with Crippen LogP contribution >= 0.6 is 11.8 Å². The monoisotopic (exact) mass is 239 g/mol. The van der Waals surface area contributed by atoms with Gasteiger partial charge in [-0.1, -0.05) is 25.1 Å². The Labute approximate surface area is 103 Å². The van der Waals surface area contributed by atoms with E-state index < -0.39 is 0 Å². The summed E-state index contributed by atoms with van der Waals surface area (Å²) in [6.45, 7) is 5.41. The first-order chi connectivity index (χ1) is 7.69. The molecule has 0 aromatic heterocycles. The fourth-order valence-electron chi connectivity index (χ4n) is 1.56. The second kappa shape index (κ2) is 6.81. The molecule has 0 aliphatic rings. The summed E-state index contributed by atoms with van der Waals surface area (Å²) in [4.78, 5) is 0. The summed E-state index contributed by atoms with van der Waals surface area (Å²) in [5.74, 6) is 0.958. The molecule has 2 atom stereocenters. The Morgan fingerprint density at radius 1 is 1.31 bits per heavy atom. The molecule has 0 bridgehead atoms. The van der Waals surface area contributed by atoms with Crippen LogP contribution in [-0.4, -0.2) is 25.2 Å². The fourth-order valence-corrected chi connectivity index (χ4v) is 1.82. The van der Waals surface area contributed by atoms with Crippen LogP contribution in [-0.2, 0) is 0 Å². The lowest BCUT2D eigenvalue weighted by Crippen LogP contribution is -2.25. The van der Waals surface area contributed by atoms with Gasteiger partial charge in [-0.05, 0) is 19.2 Å². The van der Waals surface area contributed by atoms with E-state index >= 15 is 0 Å². The Balaban J connectivity index is 2.61. The van der Waals surface area contributed by atoms with E-state index in [0.717, 1.165) is 12.3 Å². The van der Waals surface area contributed by atoms with Gasteiger partial charge in [0.25, 0.3) is 0 Å². The van der Waals surface area contributed by atoms with Crippen molar-refractivity contribution in [3.05, 3.63) is 29.8 Å².